The predicted molar refractivity (Wildman–Crippen MR) is 117 cm³/mol. The van der Waals surface area contributed by atoms with Gasteiger partial charge in [-0.05, 0) is 23.3 Å². The highest BCUT2D eigenvalue weighted by Gasteiger charge is 2.78. The number of methoxy groups -OCH3 is 1. The Morgan fingerprint density at radius 1 is 1.09 bits per heavy atom. The number of nitriles is 2. The Labute approximate surface area is 195 Å². The number of nitrogens with zero attached hydrogens (tertiary/aromatic N) is 3. The lowest BCUT2D eigenvalue weighted by atomic mass is 9.71. The molecule has 5 rings (SSSR count). The van der Waals surface area contributed by atoms with Crippen molar-refractivity contribution in [3.05, 3.63) is 94.8 Å². The minimum atomic E-state index is -2.16. The van der Waals surface area contributed by atoms with Crippen LogP contribution in [0, 0.1) is 28.6 Å². The van der Waals surface area contributed by atoms with Crippen LogP contribution in [0.4, 0.5) is 0 Å². The van der Waals surface area contributed by atoms with Crippen LogP contribution in [0.1, 0.15) is 33.9 Å². The van der Waals surface area contributed by atoms with Crippen molar-refractivity contribution < 1.29 is 24.5 Å². The zero-order valence-corrected chi connectivity index (χ0v) is 18.0. The van der Waals surface area contributed by atoms with E-state index in [0.29, 0.717) is 16.7 Å². The van der Waals surface area contributed by atoms with Crippen molar-refractivity contribution in [2.75, 3.05) is 7.11 Å². The van der Waals surface area contributed by atoms with Crippen LogP contribution >= 0.6 is 0 Å². The molecule has 8 heteroatoms. The van der Waals surface area contributed by atoms with Crippen LogP contribution in [0.15, 0.2) is 66.9 Å². The van der Waals surface area contributed by atoms with Crippen LogP contribution in [-0.4, -0.2) is 34.4 Å². The molecular formula is C26H19N3O5. The summed E-state index contributed by atoms with van der Waals surface area (Å²) in [4.78, 5) is 17.3. The lowest BCUT2D eigenvalue weighted by Crippen LogP contribution is -2.52. The Bertz CT molecular complexity index is 1360. The number of ether oxygens (including phenoxy) is 2. The van der Waals surface area contributed by atoms with Gasteiger partial charge in [0.25, 0.3) is 0 Å². The van der Waals surface area contributed by atoms with Gasteiger partial charge in [0.15, 0.2) is 11.2 Å². The van der Waals surface area contributed by atoms with Crippen molar-refractivity contribution in [1.29, 1.82) is 10.5 Å². The smallest absolute Gasteiger partial charge is 0.312 e. The molecule has 0 bridgehead atoms. The van der Waals surface area contributed by atoms with E-state index >= 15 is 0 Å². The zero-order valence-electron chi connectivity index (χ0n) is 18.0. The van der Waals surface area contributed by atoms with Gasteiger partial charge in [-0.25, -0.2) is 0 Å². The van der Waals surface area contributed by atoms with E-state index in [1.807, 2.05) is 12.1 Å². The number of fused-ring (bicyclic) bond motifs is 3. The third-order valence-electron chi connectivity index (χ3n) is 6.82. The highest BCUT2D eigenvalue weighted by atomic mass is 16.5. The first-order valence-corrected chi connectivity index (χ1v) is 10.6. The summed E-state index contributed by atoms with van der Waals surface area (Å²) in [7, 11) is 1.22. The molecule has 1 aliphatic carbocycles. The molecule has 2 heterocycles. The van der Waals surface area contributed by atoms with E-state index in [1.54, 1.807) is 48.5 Å². The molecule has 2 N–H and O–H groups in total. The van der Waals surface area contributed by atoms with Crippen molar-refractivity contribution in [3.63, 3.8) is 0 Å². The number of hydrogen-bond donors (Lipinski definition) is 2. The summed E-state index contributed by atoms with van der Waals surface area (Å²) in [5.41, 5.74) is -2.17. The fourth-order valence-corrected chi connectivity index (χ4v) is 5.41. The van der Waals surface area contributed by atoms with Gasteiger partial charge in [0.05, 0.1) is 30.2 Å². The maximum atomic E-state index is 13.0. The number of pyridine rings is 1. The molecule has 0 unspecified atom stereocenters. The van der Waals surface area contributed by atoms with Gasteiger partial charge in [0.2, 0.25) is 0 Å². The molecule has 1 fully saturated rings. The molecule has 168 valence electrons. The molecule has 0 radical (unpaired) electrons. The number of hydrogen-bond acceptors (Lipinski definition) is 8. The molecule has 2 aliphatic rings. The van der Waals surface area contributed by atoms with E-state index in [1.165, 1.54) is 19.4 Å². The SMILES string of the molecule is COC(=O)[C@H]1[C@@H](O)[C@@]2(O)c3ncc(C#N)cc3O[C@@]2(c2ccc(C#N)cc2)[C@@H]1c1ccccc1. The maximum absolute atomic E-state index is 13.0. The summed E-state index contributed by atoms with van der Waals surface area (Å²) < 4.78 is 11.5. The van der Waals surface area contributed by atoms with Crippen molar-refractivity contribution in [2.45, 2.75) is 23.2 Å². The maximum Gasteiger partial charge on any atom is 0.312 e. The fourth-order valence-electron chi connectivity index (χ4n) is 5.41. The first kappa shape index (κ1) is 21.6. The van der Waals surface area contributed by atoms with E-state index in [4.69, 9.17) is 9.47 Å². The summed E-state index contributed by atoms with van der Waals surface area (Å²) >= 11 is 0. The number of aliphatic hydroxyl groups excluding tert-OH is 1. The Morgan fingerprint density at radius 3 is 2.38 bits per heavy atom. The number of carbonyl (C=O) groups is 1. The number of rotatable bonds is 3. The summed E-state index contributed by atoms with van der Waals surface area (Å²) in [6, 6.07) is 20.9. The Hall–Kier alpha value is -4.24. The van der Waals surface area contributed by atoms with Gasteiger partial charge in [-0.2, -0.15) is 10.5 Å². The molecule has 3 aromatic rings. The topological polar surface area (TPSA) is 136 Å². The highest BCUT2D eigenvalue weighted by Crippen LogP contribution is 2.68. The minimum Gasteiger partial charge on any atom is -0.476 e. The van der Waals surface area contributed by atoms with E-state index in [0.717, 1.165) is 0 Å². The minimum absolute atomic E-state index is 0.0238. The van der Waals surface area contributed by atoms with E-state index in [9.17, 15) is 25.5 Å². The van der Waals surface area contributed by atoms with Gasteiger partial charge < -0.3 is 19.7 Å². The second-order valence-corrected chi connectivity index (χ2v) is 8.36. The van der Waals surface area contributed by atoms with E-state index < -0.39 is 35.1 Å². The molecule has 0 saturated heterocycles. The average molecular weight is 453 g/mol. The summed E-state index contributed by atoms with van der Waals surface area (Å²) in [6.07, 6.45) is -0.368. The number of benzene rings is 2. The molecule has 5 atom stereocenters. The zero-order chi connectivity index (χ0) is 24.1. The number of aromatic nitrogens is 1. The second kappa shape index (κ2) is 7.67. The predicted octanol–water partition coefficient (Wildman–Crippen LogP) is 2.25. The molecule has 34 heavy (non-hydrogen) atoms. The summed E-state index contributed by atoms with van der Waals surface area (Å²) in [5.74, 6) is -2.67. The number of esters is 1. The third-order valence-corrected chi connectivity index (χ3v) is 6.82. The largest absolute Gasteiger partial charge is 0.476 e. The molecule has 1 aromatic heterocycles. The molecule has 1 saturated carbocycles. The third kappa shape index (κ3) is 2.64. The molecule has 0 spiro atoms. The highest BCUT2D eigenvalue weighted by molar-refractivity contribution is 5.77. The van der Waals surface area contributed by atoms with Gasteiger partial charge in [0.1, 0.15) is 23.6 Å². The van der Waals surface area contributed by atoms with Gasteiger partial charge in [-0.15, -0.1) is 0 Å². The lowest BCUT2D eigenvalue weighted by Gasteiger charge is -2.40. The Kier molecular flexibility index (Phi) is 4.87. The van der Waals surface area contributed by atoms with Crippen LogP contribution in [0.2, 0.25) is 0 Å². The molecule has 1 aliphatic heterocycles. The van der Waals surface area contributed by atoms with E-state index in [-0.39, 0.29) is 17.0 Å². The molecule has 8 nitrogen and oxygen atoms in total. The lowest BCUT2D eigenvalue weighted by molar-refractivity contribution is -0.162. The van der Waals surface area contributed by atoms with Gasteiger partial charge in [0, 0.05) is 18.2 Å². The standard InChI is InChI=1S/C26H19N3O5/c1-33-24(31)20-21(17-5-3-2-4-6-17)26(18-9-7-15(12-27)8-10-18)25(32,23(20)30)22-19(34-26)11-16(13-28)14-29-22/h2-11,14,20-21,23,30,32H,1H3/t20-,21-,23-,25+,26+/m1/s1. The average Bonchev–Trinajstić information content (AvgIpc) is 3.26. The number of carbonyl (C=O) groups excluding carboxylic acids is 1. The summed E-state index contributed by atoms with van der Waals surface area (Å²) in [5, 5.41) is 42.5. The normalized spacial score (nSPS) is 28.7. The van der Waals surface area contributed by atoms with E-state index in [2.05, 4.69) is 11.1 Å². The quantitative estimate of drug-likeness (QED) is 0.576. The first-order chi connectivity index (χ1) is 16.4. The van der Waals surface area contributed by atoms with Crippen LogP contribution in [0.25, 0.3) is 0 Å². The second-order valence-electron chi connectivity index (χ2n) is 8.36. The Balaban J connectivity index is 1.86. The van der Waals surface area contributed by atoms with Crippen LogP contribution < -0.4 is 4.74 Å². The Morgan fingerprint density at radius 2 is 1.76 bits per heavy atom. The van der Waals surface area contributed by atoms with Crippen LogP contribution in [0.5, 0.6) is 5.75 Å². The first-order valence-electron chi connectivity index (χ1n) is 10.6. The summed E-state index contributed by atoms with van der Waals surface area (Å²) in [6.45, 7) is 0. The number of aliphatic hydroxyl groups is 2. The van der Waals surface area contributed by atoms with Crippen LogP contribution in [0.3, 0.4) is 0 Å². The van der Waals surface area contributed by atoms with Crippen molar-refractivity contribution in [1.82, 2.24) is 4.98 Å². The molecule has 0 amide bonds. The molecule has 2 aromatic carbocycles. The fraction of sp³-hybridized carbons (Fsp3) is 0.231. The van der Waals surface area contributed by atoms with Gasteiger partial charge in [-0.3, -0.25) is 9.78 Å². The monoisotopic (exact) mass is 453 g/mol. The van der Waals surface area contributed by atoms with Crippen molar-refractivity contribution >= 4 is 5.97 Å². The van der Waals surface area contributed by atoms with Gasteiger partial charge in [-0.1, -0.05) is 42.5 Å². The van der Waals surface area contributed by atoms with Crippen molar-refractivity contribution in [3.8, 4) is 17.9 Å². The molecular weight excluding hydrogens is 434 g/mol. The van der Waals surface area contributed by atoms with Gasteiger partial charge >= 0.3 is 5.97 Å². The van der Waals surface area contributed by atoms with Crippen LogP contribution in [-0.2, 0) is 20.7 Å². The van der Waals surface area contributed by atoms with Crippen molar-refractivity contribution in [2.24, 2.45) is 5.92 Å².